The summed E-state index contributed by atoms with van der Waals surface area (Å²) in [6, 6.07) is 15.4. The minimum Gasteiger partial charge on any atom is -0.484 e. The van der Waals surface area contributed by atoms with Gasteiger partial charge in [-0.2, -0.15) is 13.2 Å². The molecule has 1 fully saturated rings. The van der Waals surface area contributed by atoms with Crippen molar-refractivity contribution in [3.8, 4) is 5.75 Å². The van der Waals surface area contributed by atoms with Crippen molar-refractivity contribution in [2.45, 2.75) is 32.0 Å². The maximum Gasteiger partial charge on any atom is 0.401 e. The number of likely N-dealkylation sites (tertiary alicyclic amines) is 1. The molecule has 1 aliphatic heterocycles. The van der Waals surface area contributed by atoms with Gasteiger partial charge in [0.1, 0.15) is 5.75 Å². The first kappa shape index (κ1) is 23.8. The second-order valence-corrected chi connectivity index (χ2v) is 8.09. The van der Waals surface area contributed by atoms with Crippen LogP contribution in [0, 0.1) is 5.92 Å². The van der Waals surface area contributed by atoms with Crippen LogP contribution in [0.15, 0.2) is 54.6 Å². The van der Waals surface area contributed by atoms with E-state index in [0.717, 1.165) is 0 Å². The first-order valence-corrected chi connectivity index (χ1v) is 10.6. The second-order valence-electron chi connectivity index (χ2n) is 8.09. The number of ether oxygens (including phenoxy) is 1. The van der Waals surface area contributed by atoms with Crippen molar-refractivity contribution in [1.29, 1.82) is 0 Å². The Bertz CT molecular complexity index is 893. The number of ketones is 1. The standard InChI is InChI=1S/C24H27F3N2O3/c1-17(18-11-13-29(14-12-18)16-24(25,26)27)28-22(30)15-32-21-9-7-20(8-10-21)23(31)19-5-3-2-4-6-19/h2-10,17-18H,11-16H2,1H3,(H,28,30). The molecule has 0 spiro atoms. The third kappa shape index (κ3) is 7.09. The molecular weight excluding hydrogens is 421 g/mol. The smallest absolute Gasteiger partial charge is 0.401 e. The van der Waals surface area contributed by atoms with Gasteiger partial charge in [-0.15, -0.1) is 0 Å². The molecular formula is C24H27F3N2O3. The molecule has 0 aromatic heterocycles. The van der Waals surface area contributed by atoms with Crippen molar-refractivity contribution in [3.63, 3.8) is 0 Å². The molecule has 0 aliphatic carbocycles. The number of alkyl halides is 3. The number of hydrogen-bond acceptors (Lipinski definition) is 4. The van der Waals surface area contributed by atoms with Crippen molar-refractivity contribution < 1.29 is 27.5 Å². The Hall–Kier alpha value is -2.87. The molecule has 2 aromatic carbocycles. The summed E-state index contributed by atoms with van der Waals surface area (Å²) in [5.41, 5.74) is 1.12. The normalized spacial score (nSPS) is 16.4. The maximum atomic E-state index is 12.5. The van der Waals surface area contributed by atoms with Gasteiger partial charge in [0.25, 0.3) is 5.91 Å². The minimum absolute atomic E-state index is 0.0926. The lowest BCUT2D eigenvalue weighted by molar-refractivity contribution is -0.148. The molecule has 32 heavy (non-hydrogen) atoms. The number of nitrogens with zero attached hydrogens (tertiary/aromatic N) is 1. The highest BCUT2D eigenvalue weighted by molar-refractivity contribution is 6.08. The number of piperidine rings is 1. The number of hydrogen-bond donors (Lipinski definition) is 1. The number of benzene rings is 2. The zero-order valence-corrected chi connectivity index (χ0v) is 17.9. The summed E-state index contributed by atoms with van der Waals surface area (Å²) in [5, 5.41) is 2.88. The molecule has 0 bridgehead atoms. The number of rotatable bonds is 8. The largest absolute Gasteiger partial charge is 0.484 e. The van der Waals surface area contributed by atoms with Crippen molar-refractivity contribution in [2.75, 3.05) is 26.2 Å². The predicted molar refractivity (Wildman–Crippen MR) is 115 cm³/mol. The molecule has 0 saturated carbocycles. The van der Waals surface area contributed by atoms with E-state index in [1.165, 1.54) is 4.90 Å². The summed E-state index contributed by atoms with van der Waals surface area (Å²) in [7, 11) is 0. The third-order valence-electron chi connectivity index (χ3n) is 5.65. The Kier molecular flexibility index (Phi) is 7.90. The lowest BCUT2D eigenvalue weighted by atomic mass is 9.90. The van der Waals surface area contributed by atoms with E-state index >= 15 is 0 Å². The molecule has 1 N–H and O–H groups in total. The van der Waals surface area contributed by atoms with E-state index in [0.29, 0.717) is 42.8 Å². The first-order chi connectivity index (χ1) is 15.2. The van der Waals surface area contributed by atoms with Crippen LogP contribution >= 0.6 is 0 Å². The van der Waals surface area contributed by atoms with Crippen LogP contribution in [0.2, 0.25) is 0 Å². The highest BCUT2D eigenvalue weighted by Crippen LogP contribution is 2.24. The van der Waals surface area contributed by atoms with Gasteiger partial charge < -0.3 is 10.1 Å². The van der Waals surface area contributed by atoms with Gasteiger partial charge in [-0.05, 0) is 63.0 Å². The minimum atomic E-state index is -4.18. The summed E-state index contributed by atoms with van der Waals surface area (Å²) in [6.45, 7) is 1.54. The molecule has 1 amide bonds. The van der Waals surface area contributed by atoms with E-state index in [-0.39, 0.29) is 30.3 Å². The van der Waals surface area contributed by atoms with Gasteiger partial charge in [-0.1, -0.05) is 30.3 Å². The van der Waals surface area contributed by atoms with Crippen LogP contribution in [-0.2, 0) is 4.79 Å². The molecule has 1 atom stereocenters. The van der Waals surface area contributed by atoms with Crippen LogP contribution in [-0.4, -0.2) is 55.0 Å². The number of carbonyl (C=O) groups is 2. The maximum absolute atomic E-state index is 12.5. The lowest BCUT2D eigenvalue weighted by Crippen LogP contribution is -2.46. The quantitative estimate of drug-likeness (QED) is 0.619. The van der Waals surface area contributed by atoms with E-state index in [9.17, 15) is 22.8 Å². The average Bonchev–Trinajstić information content (AvgIpc) is 2.77. The average molecular weight is 448 g/mol. The fraction of sp³-hybridized carbons (Fsp3) is 0.417. The Balaban J connectivity index is 1.41. The highest BCUT2D eigenvalue weighted by atomic mass is 19.4. The highest BCUT2D eigenvalue weighted by Gasteiger charge is 2.33. The van der Waals surface area contributed by atoms with E-state index in [4.69, 9.17) is 4.74 Å². The van der Waals surface area contributed by atoms with Crippen LogP contribution < -0.4 is 10.1 Å². The van der Waals surface area contributed by atoms with Gasteiger partial charge in [0.2, 0.25) is 0 Å². The summed E-state index contributed by atoms with van der Waals surface area (Å²) in [4.78, 5) is 26.1. The number of nitrogens with one attached hydrogen (secondary N) is 1. The summed E-state index contributed by atoms with van der Waals surface area (Å²) >= 11 is 0. The zero-order chi connectivity index (χ0) is 23.1. The zero-order valence-electron chi connectivity index (χ0n) is 17.9. The molecule has 1 heterocycles. The van der Waals surface area contributed by atoms with Crippen LogP contribution in [0.3, 0.4) is 0 Å². The summed E-state index contributed by atoms with van der Waals surface area (Å²) in [6.07, 6.45) is -2.97. The van der Waals surface area contributed by atoms with Gasteiger partial charge in [0.15, 0.2) is 12.4 Å². The SMILES string of the molecule is CC(NC(=O)COc1ccc(C(=O)c2ccccc2)cc1)C1CCN(CC(F)(F)F)CC1. The Morgan fingerprint density at radius 3 is 2.22 bits per heavy atom. The molecule has 8 heteroatoms. The Morgan fingerprint density at radius 1 is 1.03 bits per heavy atom. The number of halogens is 3. The van der Waals surface area contributed by atoms with E-state index in [1.54, 1.807) is 48.5 Å². The predicted octanol–water partition coefficient (Wildman–Crippen LogP) is 4.08. The molecule has 1 unspecified atom stereocenters. The van der Waals surface area contributed by atoms with Crippen molar-refractivity contribution in [1.82, 2.24) is 10.2 Å². The molecule has 5 nitrogen and oxygen atoms in total. The third-order valence-corrected chi connectivity index (χ3v) is 5.65. The van der Waals surface area contributed by atoms with Gasteiger partial charge in [-0.25, -0.2) is 0 Å². The monoisotopic (exact) mass is 448 g/mol. The number of amides is 1. The van der Waals surface area contributed by atoms with E-state index in [2.05, 4.69) is 5.32 Å². The summed E-state index contributed by atoms with van der Waals surface area (Å²) < 4.78 is 43.0. The van der Waals surface area contributed by atoms with Gasteiger partial charge in [0.05, 0.1) is 6.54 Å². The molecule has 0 radical (unpaired) electrons. The first-order valence-electron chi connectivity index (χ1n) is 10.6. The molecule has 3 rings (SSSR count). The topological polar surface area (TPSA) is 58.6 Å². The van der Waals surface area contributed by atoms with Crippen molar-refractivity contribution >= 4 is 11.7 Å². The second kappa shape index (κ2) is 10.6. The molecule has 1 aliphatic rings. The Labute approximate surface area is 185 Å². The van der Waals surface area contributed by atoms with Gasteiger partial charge in [0, 0.05) is 17.2 Å². The van der Waals surface area contributed by atoms with Crippen molar-refractivity contribution in [2.24, 2.45) is 5.92 Å². The fourth-order valence-corrected chi connectivity index (χ4v) is 3.89. The molecule has 2 aromatic rings. The van der Waals surface area contributed by atoms with Crippen LogP contribution in [0.1, 0.15) is 35.7 Å². The van der Waals surface area contributed by atoms with Crippen LogP contribution in [0.5, 0.6) is 5.75 Å². The lowest BCUT2D eigenvalue weighted by Gasteiger charge is -2.35. The fourth-order valence-electron chi connectivity index (χ4n) is 3.89. The van der Waals surface area contributed by atoms with Crippen molar-refractivity contribution in [3.05, 3.63) is 65.7 Å². The molecule has 1 saturated heterocycles. The van der Waals surface area contributed by atoms with Crippen LogP contribution in [0.4, 0.5) is 13.2 Å². The van der Waals surface area contributed by atoms with Crippen LogP contribution in [0.25, 0.3) is 0 Å². The van der Waals surface area contributed by atoms with Gasteiger partial charge >= 0.3 is 6.18 Å². The summed E-state index contributed by atoms with van der Waals surface area (Å²) in [5.74, 6) is 0.217. The Morgan fingerprint density at radius 2 is 1.62 bits per heavy atom. The van der Waals surface area contributed by atoms with Gasteiger partial charge in [-0.3, -0.25) is 14.5 Å². The molecule has 172 valence electrons. The number of carbonyl (C=O) groups excluding carboxylic acids is 2. The van der Waals surface area contributed by atoms with E-state index in [1.807, 2.05) is 13.0 Å². The van der Waals surface area contributed by atoms with E-state index < -0.39 is 12.7 Å².